The molecule has 0 saturated carbocycles. The van der Waals surface area contributed by atoms with E-state index in [2.05, 4.69) is 0 Å². The zero-order valence-corrected chi connectivity index (χ0v) is 8.13. The molecule has 0 aromatic rings. The van der Waals surface area contributed by atoms with Gasteiger partial charge in [0, 0.05) is 41.7 Å². The monoisotopic (exact) mass is 272 g/mol. The van der Waals surface area contributed by atoms with Gasteiger partial charge in [-0.3, -0.25) is 4.55 Å². The maximum atomic E-state index is 9.19. The minimum Gasteiger partial charge on any atom is -0.412 e. The van der Waals surface area contributed by atoms with E-state index in [0.717, 1.165) is 0 Å². The third-order valence-corrected chi connectivity index (χ3v) is 0. The van der Waals surface area contributed by atoms with Crippen LogP contribution in [0.25, 0.3) is 0 Å². The Balaban J connectivity index is -0.0000000267. The first kappa shape index (κ1) is 22.9. The van der Waals surface area contributed by atoms with Gasteiger partial charge in [0.05, 0.1) is 6.26 Å². The fourth-order valence-corrected chi connectivity index (χ4v) is 0. The largest absolute Gasteiger partial charge is 0.412 e. The number of rotatable bonds is 0. The van der Waals surface area contributed by atoms with Crippen molar-refractivity contribution in [3.8, 4) is 0 Å². The molecule has 7 heteroatoms. The molecule has 0 aromatic heterocycles. The first-order chi connectivity index (χ1) is 2.00. The molecule has 0 spiro atoms. The summed E-state index contributed by atoms with van der Waals surface area (Å²) in [5.41, 5.74) is 0. The molecule has 0 aromatic carbocycles. The molecule has 0 bridgehead atoms. The van der Waals surface area contributed by atoms with Crippen molar-refractivity contribution in [3.05, 3.63) is 0 Å². The average molecular weight is 272 g/mol. The van der Waals surface area contributed by atoms with Crippen LogP contribution in [0.1, 0.15) is 0 Å². The normalized spacial score (nSPS) is 7.25. The summed E-state index contributed by atoms with van der Waals surface area (Å²) in [6.07, 6.45) is 0.715. The third-order valence-electron chi connectivity index (χ3n) is 0. The fourth-order valence-electron chi connectivity index (χ4n) is 0. The Morgan fingerprint density at radius 3 is 1.25 bits per heavy atom. The number of hydrogen-bond donors (Lipinski definition) is 1. The SMILES string of the molecule is CS(=O)(=O)O.O.O.[Ce]. The summed E-state index contributed by atoms with van der Waals surface area (Å²) in [6.45, 7) is 0. The molecule has 5 N–H and O–H groups in total. The van der Waals surface area contributed by atoms with Crippen molar-refractivity contribution < 1.29 is 65.7 Å². The molecular formula is CH8CeO5S. The molecule has 0 saturated heterocycles. The molecule has 0 aliphatic rings. The summed E-state index contributed by atoms with van der Waals surface area (Å²) in [5, 5.41) is 0. The zero-order valence-electron chi connectivity index (χ0n) is 4.17. The average Bonchev–Trinajstić information content (AvgIpc) is 0.722. The third kappa shape index (κ3) is 191. The number of hydrogen-bond acceptors (Lipinski definition) is 2. The Labute approximate surface area is 81.2 Å². The van der Waals surface area contributed by atoms with Gasteiger partial charge in [0.15, 0.2) is 0 Å². The van der Waals surface area contributed by atoms with Crippen molar-refractivity contribution in [2.75, 3.05) is 6.26 Å². The molecule has 0 aliphatic heterocycles. The molecule has 0 atom stereocenters. The van der Waals surface area contributed by atoms with Crippen LogP contribution in [0, 0.1) is 41.7 Å². The maximum absolute atomic E-state index is 9.19. The van der Waals surface area contributed by atoms with Crippen LogP contribution in [0.5, 0.6) is 0 Å². The van der Waals surface area contributed by atoms with Gasteiger partial charge in [-0.2, -0.15) is 8.42 Å². The predicted molar refractivity (Wildman–Crippen MR) is 24.7 cm³/mol. The van der Waals surface area contributed by atoms with Gasteiger partial charge in [-0.1, -0.05) is 0 Å². The van der Waals surface area contributed by atoms with E-state index in [4.69, 9.17) is 4.55 Å². The Kier molecular flexibility index (Phi) is 23.5. The maximum Gasteiger partial charge on any atom is 0.261 e. The summed E-state index contributed by atoms with van der Waals surface area (Å²) in [7, 11) is -3.67. The minimum absolute atomic E-state index is 0. The van der Waals surface area contributed by atoms with Gasteiger partial charge >= 0.3 is 0 Å². The van der Waals surface area contributed by atoms with Gasteiger partial charge in [0.2, 0.25) is 0 Å². The summed E-state index contributed by atoms with van der Waals surface area (Å²) in [4.78, 5) is 0. The molecular weight excluding hydrogens is 264 g/mol. The van der Waals surface area contributed by atoms with E-state index < -0.39 is 10.1 Å². The minimum atomic E-state index is -3.67. The van der Waals surface area contributed by atoms with Crippen molar-refractivity contribution in [1.29, 1.82) is 0 Å². The van der Waals surface area contributed by atoms with Crippen LogP contribution >= 0.6 is 0 Å². The second-order valence-corrected chi connectivity index (χ2v) is 2.20. The van der Waals surface area contributed by atoms with Crippen LogP contribution in [-0.4, -0.2) is 30.2 Å². The van der Waals surface area contributed by atoms with E-state index in [1.165, 1.54) is 0 Å². The van der Waals surface area contributed by atoms with Crippen LogP contribution < -0.4 is 0 Å². The summed E-state index contributed by atoms with van der Waals surface area (Å²) in [6, 6.07) is 0. The van der Waals surface area contributed by atoms with Gasteiger partial charge in [-0.25, -0.2) is 0 Å². The van der Waals surface area contributed by atoms with E-state index in [0.29, 0.717) is 6.26 Å². The van der Waals surface area contributed by atoms with Crippen molar-refractivity contribution >= 4 is 10.1 Å². The second-order valence-electron chi connectivity index (χ2n) is 0.733. The van der Waals surface area contributed by atoms with E-state index in [-0.39, 0.29) is 52.7 Å². The Morgan fingerprint density at radius 2 is 1.25 bits per heavy atom. The molecule has 0 fully saturated rings. The van der Waals surface area contributed by atoms with Crippen molar-refractivity contribution in [3.63, 3.8) is 0 Å². The van der Waals surface area contributed by atoms with Gasteiger partial charge in [-0.05, 0) is 0 Å². The predicted octanol–water partition coefficient (Wildman–Crippen LogP) is -2.15. The van der Waals surface area contributed by atoms with Gasteiger partial charge < -0.3 is 11.0 Å². The fraction of sp³-hybridized carbons (Fsp3) is 1.00. The Bertz CT molecular complexity index is 95.6. The summed E-state index contributed by atoms with van der Waals surface area (Å²) >= 11 is 0. The Morgan fingerprint density at radius 1 is 1.25 bits per heavy atom. The molecule has 0 radical (unpaired) electrons. The zero-order chi connectivity index (χ0) is 4.50. The molecule has 0 aliphatic carbocycles. The van der Waals surface area contributed by atoms with Crippen molar-refractivity contribution in [2.45, 2.75) is 0 Å². The van der Waals surface area contributed by atoms with Crippen LogP contribution in [0.15, 0.2) is 0 Å². The standard InChI is InChI=1S/CH4O3S.Ce.2H2O/c1-5(2,3)4;;;/h1H3,(H,2,3,4);;2*1H2. The van der Waals surface area contributed by atoms with Crippen molar-refractivity contribution in [2.24, 2.45) is 0 Å². The second kappa shape index (κ2) is 8.21. The van der Waals surface area contributed by atoms with E-state index in [1.807, 2.05) is 0 Å². The van der Waals surface area contributed by atoms with Gasteiger partial charge in [-0.15, -0.1) is 0 Å². The first-order valence-corrected chi connectivity index (χ1v) is 2.77. The van der Waals surface area contributed by atoms with Crippen LogP contribution in [-0.2, 0) is 10.1 Å². The molecule has 0 unspecified atom stereocenters. The molecule has 0 rings (SSSR count). The van der Waals surface area contributed by atoms with Crippen LogP contribution in [0.3, 0.4) is 0 Å². The van der Waals surface area contributed by atoms with E-state index in [1.54, 1.807) is 0 Å². The van der Waals surface area contributed by atoms with Crippen LogP contribution in [0.4, 0.5) is 0 Å². The quantitative estimate of drug-likeness (QED) is 0.507. The van der Waals surface area contributed by atoms with Gasteiger partial charge in [0.25, 0.3) is 10.1 Å². The molecule has 52 valence electrons. The molecule has 0 amide bonds. The smallest absolute Gasteiger partial charge is 0.261 e. The summed E-state index contributed by atoms with van der Waals surface area (Å²) < 4.78 is 25.9. The van der Waals surface area contributed by atoms with Crippen LogP contribution in [0.2, 0.25) is 0 Å². The van der Waals surface area contributed by atoms with E-state index >= 15 is 0 Å². The molecule has 0 heterocycles. The molecule has 5 nitrogen and oxygen atoms in total. The molecule has 8 heavy (non-hydrogen) atoms. The first-order valence-electron chi connectivity index (χ1n) is 0.924. The van der Waals surface area contributed by atoms with Crippen molar-refractivity contribution in [1.82, 2.24) is 0 Å². The van der Waals surface area contributed by atoms with Gasteiger partial charge in [0.1, 0.15) is 0 Å². The Hall–Kier alpha value is 1.21. The summed E-state index contributed by atoms with van der Waals surface area (Å²) in [5.74, 6) is 0. The topological polar surface area (TPSA) is 117 Å². The van der Waals surface area contributed by atoms with E-state index in [9.17, 15) is 8.42 Å².